The van der Waals surface area contributed by atoms with Gasteiger partial charge in [0, 0.05) is 36.7 Å². The number of rotatable bonds is 11. The van der Waals surface area contributed by atoms with Crippen molar-refractivity contribution in [2.45, 2.75) is 20.8 Å². The Hall–Kier alpha value is -4.82. The van der Waals surface area contributed by atoms with Crippen LogP contribution in [0.3, 0.4) is 0 Å². The van der Waals surface area contributed by atoms with Crippen molar-refractivity contribution in [3.05, 3.63) is 174 Å². The van der Waals surface area contributed by atoms with E-state index < -0.39 is 0 Å². The van der Waals surface area contributed by atoms with Crippen LogP contribution in [0.5, 0.6) is 0 Å². The molecular formula is C40H40N2. The maximum atomic E-state index is 2.38. The molecule has 0 radical (unpaired) electrons. The zero-order chi connectivity index (χ0) is 29.1. The third-order valence-corrected chi connectivity index (χ3v) is 7.77. The van der Waals surface area contributed by atoms with E-state index in [0.29, 0.717) is 0 Å². The van der Waals surface area contributed by atoms with Gasteiger partial charge in [-0.15, -0.1) is 0 Å². The lowest BCUT2D eigenvalue weighted by Gasteiger charge is -2.24. The van der Waals surface area contributed by atoms with Crippen LogP contribution in [0, 0.1) is 0 Å². The Morgan fingerprint density at radius 3 is 1.17 bits per heavy atom. The summed E-state index contributed by atoms with van der Waals surface area (Å²) in [5.41, 5.74) is 10.8. The summed E-state index contributed by atoms with van der Waals surface area (Å²) >= 11 is 0. The Morgan fingerprint density at radius 2 is 0.762 bits per heavy atom. The molecule has 0 aliphatic carbocycles. The number of hydrogen-bond acceptors (Lipinski definition) is 2. The van der Waals surface area contributed by atoms with Crippen LogP contribution in [0.15, 0.2) is 152 Å². The van der Waals surface area contributed by atoms with Crippen LogP contribution in [0.2, 0.25) is 0 Å². The highest BCUT2D eigenvalue weighted by Crippen LogP contribution is 2.31. The Balaban J connectivity index is 1.59. The third-order valence-electron chi connectivity index (χ3n) is 7.77. The fourth-order valence-electron chi connectivity index (χ4n) is 5.50. The second-order valence-electron chi connectivity index (χ2n) is 10.2. The lowest BCUT2D eigenvalue weighted by Crippen LogP contribution is -2.21. The molecular weight excluding hydrogens is 508 g/mol. The van der Waals surface area contributed by atoms with Gasteiger partial charge in [-0.05, 0) is 90.6 Å². The molecule has 0 aromatic heterocycles. The molecule has 5 aromatic carbocycles. The minimum Gasteiger partial charge on any atom is -0.372 e. The molecule has 0 unspecified atom stereocenters. The van der Waals surface area contributed by atoms with Gasteiger partial charge in [-0.2, -0.15) is 0 Å². The first-order valence-electron chi connectivity index (χ1n) is 15.0. The smallest absolute Gasteiger partial charge is 0.0411 e. The minimum atomic E-state index is 0.902. The lowest BCUT2D eigenvalue weighted by atomic mass is 9.93. The van der Waals surface area contributed by atoms with Gasteiger partial charge in [0.2, 0.25) is 0 Å². The summed E-state index contributed by atoms with van der Waals surface area (Å²) in [7, 11) is 0. The van der Waals surface area contributed by atoms with E-state index in [1.54, 1.807) is 0 Å². The van der Waals surface area contributed by atoms with Crippen LogP contribution >= 0.6 is 0 Å². The number of hydrogen-bond donors (Lipinski definition) is 0. The van der Waals surface area contributed by atoms with Crippen LogP contribution in [0.1, 0.15) is 43.0 Å². The van der Waals surface area contributed by atoms with Crippen molar-refractivity contribution in [1.82, 2.24) is 0 Å². The summed E-state index contributed by atoms with van der Waals surface area (Å²) < 4.78 is 0. The predicted octanol–water partition coefficient (Wildman–Crippen LogP) is 10.3. The third kappa shape index (κ3) is 6.72. The van der Waals surface area contributed by atoms with Crippen LogP contribution in [0.25, 0.3) is 11.1 Å². The molecule has 210 valence electrons. The summed E-state index contributed by atoms with van der Waals surface area (Å²) in [4.78, 5) is 4.72. The molecule has 0 heterocycles. The summed E-state index contributed by atoms with van der Waals surface area (Å²) in [6.07, 6.45) is 4.56. The molecule has 0 atom stereocenters. The molecule has 2 nitrogen and oxygen atoms in total. The SMILES string of the molecule is CCN(CC)c1ccc(/C(=C/C=C(c2ccccc2)c2ccccc2)c2ccc(N(CC)c3ccccc3)cc2)cc1. The van der Waals surface area contributed by atoms with Crippen molar-refractivity contribution in [2.24, 2.45) is 0 Å². The second kappa shape index (κ2) is 14.2. The van der Waals surface area contributed by atoms with Gasteiger partial charge in [0.15, 0.2) is 0 Å². The molecule has 0 saturated heterocycles. The second-order valence-corrected chi connectivity index (χ2v) is 10.2. The molecule has 2 heteroatoms. The van der Waals surface area contributed by atoms with Gasteiger partial charge in [0.05, 0.1) is 0 Å². The average Bonchev–Trinajstić information content (AvgIpc) is 3.06. The first-order valence-corrected chi connectivity index (χ1v) is 15.0. The molecule has 0 aliphatic rings. The van der Waals surface area contributed by atoms with E-state index in [9.17, 15) is 0 Å². The van der Waals surface area contributed by atoms with E-state index in [1.807, 2.05) is 0 Å². The Morgan fingerprint density at radius 1 is 0.405 bits per heavy atom. The van der Waals surface area contributed by atoms with E-state index in [1.165, 1.54) is 50.5 Å². The van der Waals surface area contributed by atoms with Crippen molar-refractivity contribution in [3.8, 4) is 0 Å². The van der Waals surface area contributed by atoms with Gasteiger partial charge in [0.1, 0.15) is 0 Å². The topological polar surface area (TPSA) is 6.48 Å². The van der Waals surface area contributed by atoms with Gasteiger partial charge >= 0.3 is 0 Å². The quantitative estimate of drug-likeness (QED) is 0.152. The molecule has 42 heavy (non-hydrogen) atoms. The van der Waals surface area contributed by atoms with E-state index >= 15 is 0 Å². The van der Waals surface area contributed by atoms with E-state index in [2.05, 4.69) is 182 Å². The van der Waals surface area contributed by atoms with Gasteiger partial charge in [-0.3, -0.25) is 0 Å². The number of para-hydroxylation sites is 1. The Labute approximate surface area is 251 Å². The standard InChI is InChI=1S/C40H40N2/c1-4-41(5-2)36-26-22-34(23-27-36)40(31-30-39(32-16-10-7-11-17-32)33-18-12-8-13-19-33)35-24-28-38(29-25-35)42(6-3)37-20-14-9-15-21-37/h7-31H,4-6H2,1-3H3/b40-31-. The first kappa shape index (κ1) is 28.7. The summed E-state index contributed by atoms with van der Waals surface area (Å²) in [6, 6.07) is 49.9. The fourth-order valence-corrected chi connectivity index (χ4v) is 5.50. The van der Waals surface area contributed by atoms with Crippen molar-refractivity contribution in [3.63, 3.8) is 0 Å². The van der Waals surface area contributed by atoms with Gasteiger partial charge in [-0.25, -0.2) is 0 Å². The van der Waals surface area contributed by atoms with Crippen molar-refractivity contribution in [2.75, 3.05) is 29.4 Å². The van der Waals surface area contributed by atoms with E-state index in [-0.39, 0.29) is 0 Å². The fraction of sp³-hybridized carbons (Fsp3) is 0.150. The van der Waals surface area contributed by atoms with Gasteiger partial charge in [-0.1, -0.05) is 115 Å². The molecule has 0 fully saturated rings. The highest BCUT2D eigenvalue weighted by Gasteiger charge is 2.11. The maximum Gasteiger partial charge on any atom is 0.0411 e. The zero-order valence-electron chi connectivity index (χ0n) is 24.9. The summed E-state index contributed by atoms with van der Waals surface area (Å²) in [5.74, 6) is 0. The van der Waals surface area contributed by atoms with E-state index in [0.717, 1.165) is 19.6 Å². The van der Waals surface area contributed by atoms with Crippen LogP contribution in [0.4, 0.5) is 17.1 Å². The highest BCUT2D eigenvalue weighted by molar-refractivity contribution is 5.87. The minimum absolute atomic E-state index is 0.902. The molecule has 0 aliphatic heterocycles. The van der Waals surface area contributed by atoms with Gasteiger partial charge in [0.25, 0.3) is 0 Å². The van der Waals surface area contributed by atoms with Crippen molar-refractivity contribution in [1.29, 1.82) is 0 Å². The summed E-state index contributed by atoms with van der Waals surface area (Å²) in [5, 5.41) is 0. The number of anilines is 3. The molecule has 0 N–H and O–H groups in total. The maximum absolute atomic E-state index is 2.38. The average molecular weight is 549 g/mol. The largest absolute Gasteiger partial charge is 0.372 e. The normalized spacial score (nSPS) is 11.2. The highest BCUT2D eigenvalue weighted by atomic mass is 15.1. The molecule has 5 rings (SSSR count). The van der Waals surface area contributed by atoms with Crippen molar-refractivity contribution < 1.29 is 0 Å². The van der Waals surface area contributed by atoms with E-state index in [4.69, 9.17) is 0 Å². The number of allylic oxidation sites excluding steroid dienone is 2. The Bertz CT molecular complexity index is 1540. The summed E-state index contributed by atoms with van der Waals surface area (Å²) in [6.45, 7) is 9.51. The molecule has 5 aromatic rings. The van der Waals surface area contributed by atoms with Crippen LogP contribution < -0.4 is 9.80 Å². The predicted molar refractivity (Wildman–Crippen MR) is 183 cm³/mol. The molecule has 0 saturated carbocycles. The zero-order valence-corrected chi connectivity index (χ0v) is 24.9. The molecule has 0 spiro atoms. The number of benzene rings is 5. The monoisotopic (exact) mass is 548 g/mol. The lowest BCUT2D eigenvalue weighted by molar-refractivity contribution is 0.866. The molecule has 0 amide bonds. The Kier molecular flexibility index (Phi) is 9.69. The number of nitrogens with zero attached hydrogens (tertiary/aromatic N) is 2. The molecule has 0 bridgehead atoms. The van der Waals surface area contributed by atoms with Gasteiger partial charge < -0.3 is 9.80 Å². The first-order chi connectivity index (χ1) is 20.7. The van der Waals surface area contributed by atoms with Crippen LogP contribution in [-0.2, 0) is 0 Å². The van der Waals surface area contributed by atoms with Crippen molar-refractivity contribution >= 4 is 28.2 Å². The van der Waals surface area contributed by atoms with Crippen LogP contribution in [-0.4, -0.2) is 19.6 Å².